The quantitative estimate of drug-likeness (QED) is 0.0606. The van der Waals surface area contributed by atoms with Crippen molar-refractivity contribution in [3.63, 3.8) is 0 Å². The average Bonchev–Trinajstić information content (AvgIpc) is 0.864. The fourth-order valence-corrected chi connectivity index (χ4v) is 13.7. The van der Waals surface area contributed by atoms with Gasteiger partial charge < -0.3 is 98.1 Å². The number of piperidine rings is 5. The summed E-state index contributed by atoms with van der Waals surface area (Å²) in [4.78, 5) is 142. The Bertz CT molecular complexity index is 6750. The van der Waals surface area contributed by atoms with Crippen LogP contribution in [0.5, 0.6) is 0 Å². The maximum atomic E-state index is 12.4. The van der Waals surface area contributed by atoms with Gasteiger partial charge in [0, 0.05) is 158 Å². The third-order valence-corrected chi connectivity index (χ3v) is 20.2. The van der Waals surface area contributed by atoms with E-state index in [0.717, 1.165) is 26.0 Å². The summed E-state index contributed by atoms with van der Waals surface area (Å²) < 4.78 is 246. The van der Waals surface area contributed by atoms with Crippen molar-refractivity contribution in [3.05, 3.63) is 149 Å². The monoisotopic (exact) mass is 1610 g/mol. The Labute approximate surface area is 716 Å². The molecular weight excluding hydrogens is 1470 g/mol. The summed E-state index contributed by atoms with van der Waals surface area (Å²) in [6.45, 7) is 21.6. The van der Waals surface area contributed by atoms with E-state index in [1.54, 1.807) is 31.0 Å². The van der Waals surface area contributed by atoms with Crippen molar-refractivity contribution in [2.75, 3.05) is 158 Å². The molecule has 35 nitrogen and oxygen atoms in total. The molecule has 10 aromatic heterocycles. The number of fused-ring (bicyclic) bond motifs is 5. The SMILES string of the molecule is [2H]c1nc(N(C([2H])([2H])[2H])[C@@]2([2H])CN(C(=O)C[N+]#[C-])CC[C@@]2([2H])C([2H])([2H])[2H])c2cc[nH]c2n1.[2H]c1nc(N(C([2H])([2H])[2H])[C@@]2([2H])CN(C(=O)C[N+]#[C-])CC[C@@]2([2H])C)c2cc[nH]c2n1.[2H]c1nc(N(C([2H])([2H])[2H])[C@@]2([2H])CN(C(=O)C[N+]#[C-])CC[C@H]2C([2H])([2H])[2H])c2cc[nH]c2n1.[2H]c1nc(N(C([2H])([2H])[2H])[C@@]2([2H])CN(C(=O)C[N+]#[C-])CC[C@H]2C)c2cc[nH]c2n1.[2H]c1nc(N(C)[C@H]2CN(C(=O)C[N+]#[C-])CC[C@H]2C)c2c([2H])c(C)[nH]c2n1. The van der Waals surface area contributed by atoms with Crippen molar-refractivity contribution < 1.29 is 65.1 Å². The van der Waals surface area contributed by atoms with E-state index in [0.29, 0.717) is 86.8 Å². The number of likely N-dealkylation sites (tertiary alicyclic amines) is 5. The maximum Gasteiger partial charge on any atom is 0.302 e. The Balaban J connectivity index is 0.000000174. The zero-order valence-electron chi connectivity index (χ0n) is 93.8. The van der Waals surface area contributed by atoms with E-state index in [1.165, 1.54) is 53.5 Å². The smallest absolute Gasteiger partial charge is 0.302 e. The lowest BCUT2D eigenvalue weighted by Crippen LogP contribution is -2.53. The molecule has 35 heteroatoms. The second-order valence-electron chi connectivity index (χ2n) is 27.4. The molecule has 0 aliphatic carbocycles. The number of amides is 5. The molecule has 10 aromatic rings. The average molecular weight is 1610 g/mol. The second-order valence-corrected chi connectivity index (χ2v) is 27.4. The summed E-state index contributed by atoms with van der Waals surface area (Å²) in [6, 6.07) is -2.55. The van der Waals surface area contributed by atoms with Gasteiger partial charge in [-0.15, -0.1) is 0 Å². The van der Waals surface area contributed by atoms with Crippen LogP contribution in [-0.2, 0) is 24.0 Å². The molecule has 0 radical (unpaired) electrons. The summed E-state index contributed by atoms with van der Waals surface area (Å²) in [7, 11) is 1.88. The number of carbonyl (C=O) groups excluding carboxylic acids is 5. The minimum atomic E-state index is -3.17. The Morgan fingerprint density at radius 1 is 0.414 bits per heavy atom. The second kappa shape index (κ2) is 38.6. The van der Waals surface area contributed by atoms with Crippen LogP contribution in [0.4, 0.5) is 29.1 Å². The molecule has 5 amide bonds. The number of aryl methyl sites for hydroxylation is 1. The lowest BCUT2D eigenvalue weighted by molar-refractivity contribution is -0.131. The molecule has 5 saturated heterocycles. The topological polar surface area (TPSA) is 347 Å². The molecule has 10 atom stereocenters. The highest BCUT2D eigenvalue weighted by atomic mass is 16.2. The van der Waals surface area contributed by atoms with Crippen molar-refractivity contribution in [2.45, 2.75) is 104 Å². The molecule has 15 heterocycles. The summed E-state index contributed by atoms with van der Waals surface area (Å²) in [5.41, 5.74) is 1.96. The first kappa shape index (κ1) is 52.3. The van der Waals surface area contributed by atoms with Crippen LogP contribution >= 0.6 is 0 Å². The van der Waals surface area contributed by atoms with Crippen molar-refractivity contribution in [1.29, 1.82) is 0 Å². The van der Waals surface area contributed by atoms with Crippen molar-refractivity contribution in [1.82, 2.24) is 99.3 Å². The largest absolute Gasteiger partial charge is 0.354 e. The lowest BCUT2D eigenvalue weighted by atomic mass is 9.92. The number of carbonyl (C=O) groups is 5. The van der Waals surface area contributed by atoms with Crippen LogP contribution < -0.4 is 24.5 Å². The number of likely N-dealkylation sites (N-methyl/N-ethyl adjacent to an activating group) is 5. The molecule has 0 unspecified atom stereocenters. The van der Waals surface area contributed by atoms with Gasteiger partial charge in [0.15, 0.2) is 0 Å². The molecule has 5 aliphatic rings. The zero-order valence-corrected chi connectivity index (χ0v) is 63.8. The van der Waals surface area contributed by atoms with Gasteiger partial charge in [-0.2, -0.15) is 0 Å². The van der Waals surface area contributed by atoms with E-state index in [1.807, 2.05) is 11.9 Å². The summed E-state index contributed by atoms with van der Waals surface area (Å²) in [5, 5.41) is 1.59. The Morgan fingerprint density at radius 3 is 1.09 bits per heavy atom. The van der Waals surface area contributed by atoms with Crippen LogP contribution in [0.2, 0.25) is 0 Å². The Morgan fingerprint density at radius 2 is 0.724 bits per heavy atom. The third kappa shape index (κ3) is 19.2. The molecule has 5 aliphatic heterocycles. The van der Waals surface area contributed by atoms with Gasteiger partial charge in [-0.25, -0.2) is 82.7 Å². The molecular formula is C81H102N30O5. The molecule has 116 heavy (non-hydrogen) atoms. The van der Waals surface area contributed by atoms with Gasteiger partial charge in [0.05, 0.1) is 63.9 Å². The Kier molecular flexibility index (Phi) is 17.4. The van der Waals surface area contributed by atoms with Crippen molar-refractivity contribution >= 4 is 114 Å². The van der Waals surface area contributed by atoms with E-state index < -0.39 is 177 Å². The number of aromatic nitrogens is 15. The molecule has 5 N–H and O–H groups in total. The zero-order chi connectivity index (χ0) is 109. The first-order valence-corrected chi connectivity index (χ1v) is 36.4. The fraction of sp³-hybridized carbons (Fsp3) is 0.506. The normalized spacial score (nSPS) is 29.3. The van der Waals surface area contributed by atoms with Gasteiger partial charge in [0.2, 0.25) is 0 Å². The highest BCUT2D eigenvalue weighted by Gasteiger charge is 2.39. The summed E-state index contributed by atoms with van der Waals surface area (Å²) in [5.74, 6) is -8.56. The van der Waals surface area contributed by atoms with E-state index in [2.05, 4.69) is 106 Å². The highest BCUT2D eigenvalue weighted by Crippen LogP contribution is 2.35. The van der Waals surface area contributed by atoms with Gasteiger partial charge in [0.1, 0.15) is 95.7 Å². The molecule has 0 bridgehead atoms. The molecule has 0 aromatic carbocycles. The van der Waals surface area contributed by atoms with Gasteiger partial charge in [-0.3, -0.25) is 24.0 Å². The number of hydrogen-bond acceptors (Lipinski definition) is 20. The first-order valence-electron chi connectivity index (χ1n) is 51.4. The number of rotatable bonds is 15. The number of anilines is 5. The van der Waals surface area contributed by atoms with Gasteiger partial charge in [-0.05, 0) is 98.9 Å². The molecule has 0 saturated carbocycles. The van der Waals surface area contributed by atoms with Crippen LogP contribution in [0.3, 0.4) is 0 Å². The van der Waals surface area contributed by atoms with E-state index in [4.69, 9.17) is 74.0 Å². The van der Waals surface area contributed by atoms with Crippen LogP contribution in [0, 0.1) is 69.3 Å². The number of H-pyrrole nitrogens is 5. The van der Waals surface area contributed by atoms with Gasteiger partial charge in [-0.1, -0.05) is 34.5 Å². The van der Waals surface area contributed by atoms with Crippen LogP contribution in [0.25, 0.3) is 79.4 Å². The van der Waals surface area contributed by atoms with E-state index in [9.17, 15) is 24.0 Å². The standard InChI is InChI=1S/C17H22N6O.4C16H20N6O/c1-11-5-6-23(15(24)8-18-3)9-14(11)22(4)17-13-7-12(2)21-16(13)19-10-20-17;4*1-11-5-7-22(14(23)8-17-2)9-13(11)21(3)16-12-4-6-18-15(12)19-10-20-16/h7,10-11,14H,5-6,8-9H2,1-2,4H3,(H,19,20,21);4*4,6,10-11,13H,5,7-9H2,1,3H3,(H,18,19,20)/t11-,14+;4*11-,13+/m11111/s1/i7D,10D;1D3,3D3,10D,11D,13D;3D3,10D,11D,13D;1D3,3D3,10D,13D;3D3,10D,13D. The van der Waals surface area contributed by atoms with Gasteiger partial charge >= 0.3 is 29.5 Å². The minimum Gasteiger partial charge on any atom is -0.354 e. The van der Waals surface area contributed by atoms with Crippen LogP contribution in [0.15, 0.2) is 86.6 Å². The molecule has 606 valence electrons. The molecule has 5 fully saturated rings. The summed E-state index contributed by atoms with van der Waals surface area (Å²) >= 11 is 0. The Hall–Kier alpha value is -13.1. The number of aromatic amines is 5. The van der Waals surface area contributed by atoms with E-state index >= 15 is 0 Å². The molecule has 15 rings (SSSR count). The van der Waals surface area contributed by atoms with Crippen LogP contribution in [0.1, 0.15) is 113 Å². The van der Waals surface area contributed by atoms with Crippen molar-refractivity contribution in [2.24, 2.45) is 29.5 Å². The molecule has 0 spiro atoms. The summed E-state index contributed by atoms with van der Waals surface area (Å²) in [6.07, 6.45) is 4.56. The lowest BCUT2D eigenvalue weighted by Gasteiger charge is -2.41. The van der Waals surface area contributed by atoms with Gasteiger partial charge in [0.25, 0.3) is 32.7 Å². The number of hydrogen-bond donors (Lipinski definition) is 5. The first-order chi connectivity index (χ1) is 67.7. The fourth-order valence-electron chi connectivity index (χ4n) is 13.7. The van der Waals surface area contributed by atoms with Crippen molar-refractivity contribution in [3.8, 4) is 0 Å². The van der Waals surface area contributed by atoms with Crippen LogP contribution in [-0.4, -0.2) is 292 Å². The number of nitrogens with one attached hydrogen (secondary N) is 5. The highest BCUT2D eigenvalue weighted by molar-refractivity contribution is 5.92. The van der Waals surface area contributed by atoms with E-state index in [-0.39, 0.29) is 128 Å². The minimum absolute atomic E-state index is 0.00876. The maximum absolute atomic E-state index is 12.4. The predicted octanol–water partition coefficient (Wildman–Crippen LogP) is 8.06. The number of nitrogens with zero attached hydrogens (tertiary/aromatic N) is 25. The predicted molar refractivity (Wildman–Crippen MR) is 444 cm³/mol. The third-order valence-electron chi connectivity index (χ3n) is 20.2.